The third-order valence-corrected chi connectivity index (χ3v) is 4.19. The van der Waals surface area contributed by atoms with E-state index in [0.29, 0.717) is 11.3 Å². The maximum Gasteiger partial charge on any atom is 0.150 e. The number of thioether (sulfide) groups is 1. The van der Waals surface area contributed by atoms with Crippen molar-refractivity contribution in [3.05, 3.63) is 40.9 Å². The van der Waals surface area contributed by atoms with Gasteiger partial charge in [0.05, 0.1) is 12.7 Å². The first-order chi connectivity index (χ1) is 8.33. The van der Waals surface area contributed by atoms with E-state index in [4.69, 9.17) is 10.00 Å². The summed E-state index contributed by atoms with van der Waals surface area (Å²) in [7, 11) is 1.57. The molecule has 2 aromatic rings. The van der Waals surface area contributed by atoms with Crippen LogP contribution in [0.1, 0.15) is 11.1 Å². The molecule has 3 nitrogen and oxygen atoms in total. The van der Waals surface area contributed by atoms with Crippen LogP contribution in [0, 0.1) is 11.3 Å². The first kappa shape index (κ1) is 12.0. The Hall–Kier alpha value is -1.51. The summed E-state index contributed by atoms with van der Waals surface area (Å²) in [5, 5.41) is 10.9. The summed E-state index contributed by atoms with van der Waals surface area (Å²) in [5.74, 6) is 1.43. The van der Waals surface area contributed by atoms with Crippen LogP contribution < -0.4 is 4.74 Å². The summed E-state index contributed by atoms with van der Waals surface area (Å²) in [6, 6.07) is 7.80. The molecule has 0 bridgehead atoms. The molecule has 2 rings (SSSR count). The van der Waals surface area contributed by atoms with Gasteiger partial charge in [0.2, 0.25) is 0 Å². The molecule has 0 amide bonds. The first-order valence-electron chi connectivity index (χ1n) is 4.93. The van der Waals surface area contributed by atoms with E-state index in [1.54, 1.807) is 36.4 Å². The molecule has 0 aliphatic rings. The van der Waals surface area contributed by atoms with Crippen LogP contribution in [0.4, 0.5) is 0 Å². The molecule has 0 unspecified atom stereocenters. The second kappa shape index (κ2) is 5.71. The van der Waals surface area contributed by atoms with Crippen LogP contribution in [0.25, 0.3) is 0 Å². The summed E-state index contributed by atoms with van der Waals surface area (Å²) >= 11 is 3.29. The molecule has 0 N–H and O–H groups in total. The third-order valence-electron chi connectivity index (χ3n) is 2.16. The summed E-state index contributed by atoms with van der Waals surface area (Å²) in [4.78, 5) is 4.20. The van der Waals surface area contributed by atoms with Gasteiger partial charge in [-0.2, -0.15) is 5.26 Å². The minimum absolute atomic E-state index is 0.574. The Morgan fingerprint density at radius 1 is 1.53 bits per heavy atom. The fourth-order valence-electron chi connectivity index (χ4n) is 1.36. The van der Waals surface area contributed by atoms with E-state index in [1.165, 1.54) is 0 Å². The Balaban J connectivity index is 2.09. The lowest BCUT2D eigenvalue weighted by molar-refractivity contribution is 0.413. The minimum atomic E-state index is 0.574. The Kier molecular flexibility index (Phi) is 4.02. The van der Waals surface area contributed by atoms with E-state index in [1.807, 2.05) is 23.6 Å². The Labute approximate surface area is 108 Å². The van der Waals surface area contributed by atoms with E-state index in [2.05, 4.69) is 11.1 Å². The van der Waals surface area contributed by atoms with E-state index < -0.39 is 0 Å². The van der Waals surface area contributed by atoms with Gasteiger partial charge in [0.25, 0.3) is 0 Å². The lowest BCUT2D eigenvalue weighted by Crippen LogP contribution is -1.90. The van der Waals surface area contributed by atoms with Gasteiger partial charge in [0.15, 0.2) is 0 Å². The second-order valence-electron chi connectivity index (χ2n) is 3.23. The van der Waals surface area contributed by atoms with Crippen LogP contribution in [-0.4, -0.2) is 12.1 Å². The van der Waals surface area contributed by atoms with Crippen molar-refractivity contribution in [3.63, 3.8) is 0 Å². The number of hydrogen-bond acceptors (Lipinski definition) is 5. The number of benzene rings is 1. The highest BCUT2D eigenvalue weighted by Crippen LogP contribution is 2.26. The van der Waals surface area contributed by atoms with Gasteiger partial charge < -0.3 is 4.74 Å². The number of methoxy groups -OCH3 is 1. The summed E-state index contributed by atoms with van der Waals surface area (Å²) < 4.78 is 6.14. The Morgan fingerprint density at radius 2 is 2.41 bits per heavy atom. The topological polar surface area (TPSA) is 45.9 Å². The van der Waals surface area contributed by atoms with Gasteiger partial charge in [-0.25, -0.2) is 4.98 Å². The van der Waals surface area contributed by atoms with Crippen molar-refractivity contribution in [1.82, 2.24) is 4.98 Å². The number of aromatic nitrogens is 1. The molecule has 86 valence electrons. The second-order valence-corrected chi connectivity index (χ2v) is 5.35. The monoisotopic (exact) mass is 262 g/mol. The molecule has 0 fully saturated rings. The number of rotatable bonds is 4. The van der Waals surface area contributed by atoms with Crippen molar-refractivity contribution >= 4 is 23.1 Å². The summed E-state index contributed by atoms with van der Waals surface area (Å²) in [5.41, 5.74) is 1.67. The Bertz CT molecular complexity index is 532. The fourth-order valence-corrected chi connectivity index (χ4v) is 2.94. The van der Waals surface area contributed by atoms with Crippen molar-refractivity contribution in [2.24, 2.45) is 0 Å². The average Bonchev–Trinajstić information content (AvgIpc) is 2.89. The summed E-state index contributed by atoms with van der Waals surface area (Å²) in [6.07, 6.45) is 1.79. The van der Waals surface area contributed by atoms with Crippen molar-refractivity contribution in [2.45, 2.75) is 10.1 Å². The van der Waals surface area contributed by atoms with Gasteiger partial charge in [-0.15, -0.1) is 11.3 Å². The third kappa shape index (κ3) is 2.99. The lowest BCUT2D eigenvalue weighted by atomic mass is 10.1. The first-order valence-corrected chi connectivity index (χ1v) is 6.79. The smallest absolute Gasteiger partial charge is 0.150 e. The number of nitrogens with zero attached hydrogens (tertiary/aromatic N) is 2. The van der Waals surface area contributed by atoms with E-state index in [9.17, 15) is 0 Å². The van der Waals surface area contributed by atoms with Crippen molar-refractivity contribution in [2.75, 3.05) is 7.11 Å². The fraction of sp³-hybridized carbons (Fsp3) is 0.167. The molecule has 0 radical (unpaired) electrons. The molecule has 17 heavy (non-hydrogen) atoms. The largest absolute Gasteiger partial charge is 0.495 e. The molecule has 1 aromatic heterocycles. The average molecular weight is 262 g/mol. The molecule has 0 saturated heterocycles. The molecule has 1 aromatic carbocycles. The molecular weight excluding hydrogens is 252 g/mol. The molecule has 0 aliphatic heterocycles. The zero-order valence-corrected chi connectivity index (χ0v) is 10.8. The molecule has 0 atom stereocenters. The molecule has 0 aliphatic carbocycles. The van der Waals surface area contributed by atoms with Gasteiger partial charge in [0, 0.05) is 17.3 Å². The van der Waals surface area contributed by atoms with Crippen LogP contribution in [-0.2, 0) is 5.75 Å². The number of nitriles is 1. The zero-order chi connectivity index (χ0) is 12.1. The highest BCUT2D eigenvalue weighted by atomic mass is 32.2. The van der Waals surface area contributed by atoms with E-state index in [0.717, 1.165) is 15.7 Å². The highest BCUT2D eigenvalue weighted by Gasteiger charge is 2.04. The molecule has 1 heterocycles. The number of hydrogen-bond donors (Lipinski definition) is 0. The standard InChI is InChI=1S/C12H10N2OS2/c1-15-11-3-2-9(6-10(11)7-13)8-17-12-14-4-5-16-12/h2-6H,8H2,1H3. The van der Waals surface area contributed by atoms with E-state index in [-0.39, 0.29) is 0 Å². The molecular formula is C12H10N2OS2. The maximum absolute atomic E-state index is 8.98. The Morgan fingerprint density at radius 3 is 3.06 bits per heavy atom. The highest BCUT2D eigenvalue weighted by molar-refractivity contribution is 8.00. The van der Waals surface area contributed by atoms with Crippen LogP contribution in [0.3, 0.4) is 0 Å². The van der Waals surface area contributed by atoms with Crippen LogP contribution >= 0.6 is 23.1 Å². The van der Waals surface area contributed by atoms with Crippen molar-refractivity contribution < 1.29 is 4.74 Å². The number of thiazole rings is 1. The zero-order valence-electron chi connectivity index (χ0n) is 9.21. The van der Waals surface area contributed by atoms with Crippen molar-refractivity contribution in [3.8, 4) is 11.8 Å². The lowest BCUT2D eigenvalue weighted by Gasteiger charge is -2.04. The normalized spacial score (nSPS) is 9.88. The van der Waals surface area contributed by atoms with Gasteiger partial charge in [-0.3, -0.25) is 0 Å². The molecule has 0 spiro atoms. The predicted octanol–water partition coefficient (Wildman–Crippen LogP) is 3.32. The number of ether oxygens (including phenoxy) is 1. The van der Waals surface area contributed by atoms with Gasteiger partial charge in [-0.1, -0.05) is 17.8 Å². The summed E-state index contributed by atoms with van der Waals surface area (Å²) in [6.45, 7) is 0. The molecule has 0 saturated carbocycles. The minimum Gasteiger partial charge on any atom is -0.495 e. The van der Waals surface area contributed by atoms with E-state index >= 15 is 0 Å². The quantitative estimate of drug-likeness (QED) is 0.793. The maximum atomic E-state index is 8.98. The SMILES string of the molecule is COc1ccc(CSc2nccs2)cc1C#N. The van der Waals surface area contributed by atoms with Gasteiger partial charge in [-0.05, 0) is 17.7 Å². The van der Waals surface area contributed by atoms with Gasteiger partial charge in [0.1, 0.15) is 16.2 Å². The van der Waals surface area contributed by atoms with Crippen molar-refractivity contribution in [1.29, 1.82) is 5.26 Å². The van der Waals surface area contributed by atoms with Gasteiger partial charge >= 0.3 is 0 Å². The molecule has 5 heteroatoms. The van der Waals surface area contributed by atoms with Crippen LogP contribution in [0.2, 0.25) is 0 Å². The predicted molar refractivity (Wildman–Crippen MR) is 69.4 cm³/mol. The van der Waals surface area contributed by atoms with Crippen LogP contribution in [0.15, 0.2) is 34.1 Å². The van der Waals surface area contributed by atoms with Crippen LogP contribution in [0.5, 0.6) is 5.75 Å².